The standard InChI is InChI=1S/C17H20FN3O3/c1-4-10(2)15(17(23)24)20-16(22)12-9-19-21(11(12)3)14-8-6-5-7-13(14)18/h5-10,15H,4H2,1-3H3,(H,20,22)(H,23,24)/t10-,15-/m0/s1. The molecule has 0 saturated carbocycles. The van der Waals surface area contributed by atoms with Gasteiger partial charge in [0.1, 0.15) is 17.5 Å². The second-order valence-corrected chi connectivity index (χ2v) is 5.68. The largest absolute Gasteiger partial charge is 0.480 e. The van der Waals surface area contributed by atoms with E-state index < -0.39 is 23.7 Å². The maximum atomic E-state index is 13.9. The molecule has 0 aliphatic carbocycles. The van der Waals surface area contributed by atoms with Crippen LogP contribution in [0, 0.1) is 18.7 Å². The molecule has 1 heterocycles. The first-order valence-corrected chi connectivity index (χ1v) is 7.70. The molecule has 0 spiro atoms. The van der Waals surface area contributed by atoms with Crippen LogP contribution in [0.3, 0.4) is 0 Å². The molecule has 0 aliphatic rings. The second kappa shape index (κ2) is 7.25. The molecule has 1 amide bonds. The maximum absolute atomic E-state index is 13.9. The lowest BCUT2D eigenvalue weighted by Crippen LogP contribution is -2.45. The van der Waals surface area contributed by atoms with Crippen LogP contribution in [0.4, 0.5) is 4.39 Å². The number of hydrogen-bond acceptors (Lipinski definition) is 3. The highest BCUT2D eigenvalue weighted by Gasteiger charge is 2.27. The zero-order valence-corrected chi connectivity index (χ0v) is 13.8. The molecule has 2 rings (SSSR count). The van der Waals surface area contributed by atoms with Gasteiger partial charge in [-0.05, 0) is 25.0 Å². The third-order valence-electron chi connectivity index (χ3n) is 4.10. The summed E-state index contributed by atoms with van der Waals surface area (Å²) in [6.45, 7) is 5.25. The molecule has 6 nitrogen and oxygen atoms in total. The summed E-state index contributed by atoms with van der Waals surface area (Å²) in [5.74, 6) is -2.30. The minimum Gasteiger partial charge on any atom is -0.480 e. The van der Waals surface area contributed by atoms with Crippen molar-refractivity contribution < 1.29 is 19.1 Å². The fourth-order valence-electron chi connectivity index (χ4n) is 2.40. The Kier molecular flexibility index (Phi) is 5.33. The van der Waals surface area contributed by atoms with Crippen molar-refractivity contribution in [2.45, 2.75) is 33.2 Å². The maximum Gasteiger partial charge on any atom is 0.326 e. The number of amides is 1. The van der Waals surface area contributed by atoms with Crippen molar-refractivity contribution in [2.24, 2.45) is 5.92 Å². The van der Waals surface area contributed by atoms with E-state index in [9.17, 15) is 19.1 Å². The van der Waals surface area contributed by atoms with Gasteiger partial charge >= 0.3 is 5.97 Å². The van der Waals surface area contributed by atoms with Gasteiger partial charge in [-0.2, -0.15) is 5.10 Å². The van der Waals surface area contributed by atoms with E-state index in [-0.39, 0.29) is 17.2 Å². The number of carbonyl (C=O) groups is 2. The van der Waals surface area contributed by atoms with Gasteiger partial charge in [-0.15, -0.1) is 0 Å². The molecule has 0 radical (unpaired) electrons. The Morgan fingerprint density at radius 3 is 2.62 bits per heavy atom. The number of hydrogen-bond donors (Lipinski definition) is 2. The third kappa shape index (κ3) is 3.45. The quantitative estimate of drug-likeness (QED) is 0.851. The van der Waals surface area contributed by atoms with Crippen molar-refractivity contribution in [3.8, 4) is 5.69 Å². The molecular weight excluding hydrogens is 313 g/mol. The van der Waals surface area contributed by atoms with E-state index in [0.29, 0.717) is 12.1 Å². The molecule has 2 N–H and O–H groups in total. The summed E-state index contributed by atoms with van der Waals surface area (Å²) >= 11 is 0. The average Bonchev–Trinajstić information content (AvgIpc) is 2.93. The molecule has 2 atom stereocenters. The number of carboxylic acid groups (broad SMARTS) is 1. The predicted molar refractivity (Wildman–Crippen MR) is 86.6 cm³/mol. The molecule has 1 aromatic carbocycles. The van der Waals surface area contributed by atoms with Crippen LogP contribution < -0.4 is 5.32 Å². The number of nitrogens with zero attached hydrogens (tertiary/aromatic N) is 2. The average molecular weight is 333 g/mol. The van der Waals surface area contributed by atoms with Crippen LogP contribution in [0.2, 0.25) is 0 Å². The number of carbonyl (C=O) groups excluding carboxylic acids is 1. The van der Waals surface area contributed by atoms with Crippen LogP contribution in [-0.4, -0.2) is 32.8 Å². The second-order valence-electron chi connectivity index (χ2n) is 5.68. The van der Waals surface area contributed by atoms with E-state index in [2.05, 4.69) is 10.4 Å². The van der Waals surface area contributed by atoms with Gasteiger partial charge in [0.2, 0.25) is 0 Å². The molecular formula is C17H20FN3O3. The summed E-state index contributed by atoms with van der Waals surface area (Å²) in [5, 5.41) is 15.8. The van der Waals surface area contributed by atoms with E-state index >= 15 is 0 Å². The van der Waals surface area contributed by atoms with Gasteiger partial charge < -0.3 is 10.4 Å². The highest BCUT2D eigenvalue weighted by Crippen LogP contribution is 2.17. The first-order valence-electron chi connectivity index (χ1n) is 7.70. The van der Waals surface area contributed by atoms with Crippen molar-refractivity contribution in [1.29, 1.82) is 0 Å². The van der Waals surface area contributed by atoms with Crippen LogP contribution in [0.15, 0.2) is 30.5 Å². The lowest BCUT2D eigenvalue weighted by atomic mass is 9.99. The SMILES string of the molecule is CC[C@H](C)[C@H](NC(=O)c1cnn(-c2ccccc2F)c1C)C(=O)O. The molecule has 2 aromatic rings. The number of rotatable bonds is 6. The monoisotopic (exact) mass is 333 g/mol. The lowest BCUT2D eigenvalue weighted by Gasteiger charge is -2.20. The lowest BCUT2D eigenvalue weighted by molar-refractivity contribution is -0.140. The van der Waals surface area contributed by atoms with Gasteiger partial charge in [0, 0.05) is 0 Å². The van der Waals surface area contributed by atoms with Crippen LogP contribution in [0.1, 0.15) is 36.3 Å². The molecule has 0 aliphatic heterocycles. The topological polar surface area (TPSA) is 84.2 Å². The van der Waals surface area contributed by atoms with E-state index in [0.717, 1.165) is 0 Å². The van der Waals surface area contributed by atoms with Gasteiger partial charge in [-0.1, -0.05) is 32.4 Å². The highest BCUT2D eigenvalue weighted by molar-refractivity contribution is 5.97. The van der Waals surface area contributed by atoms with Crippen LogP contribution in [0.5, 0.6) is 0 Å². The first kappa shape index (κ1) is 17.7. The number of aliphatic carboxylic acids is 1. The minimum atomic E-state index is -1.09. The Morgan fingerprint density at radius 1 is 1.38 bits per heavy atom. The fourth-order valence-corrected chi connectivity index (χ4v) is 2.40. The van der Waals surface area contributed by atoms with Gasteiger partial charge in [0.05, 0.1) is 17.5 Å². The molecule has 0 unspecified atom stereocenters. The molecule has 1 aromatic heterocycles. The fraction of sp³-hybridized carbons (Fsp3) is 0.353. The van der Waals surface area contributed by atoms with Gasteiger partial charge in [-0.3, -0.25) is 4.79 Å². The Bertz CT molecular complexity index is 757. The Morgan fingerprint density at radius 2 is 2.04 bits per heavy atom. The summed E-state index contributed by atoms with van der Waals surface area (Å²) in [4.78, 5) is 23.7. The van der Waals surface area contributed by atoms with Crippen LogP contribution >= 0.6 is 0 Å². The van der Waals surface area contributed by atoms with Crippen LogP contribution in [0.25, 0.3) is 5.69 Å². The van der Waals surface area contributed by atoms with Crippen molar-refractivity contribution in [1.82, 2.24) is 15.1 Å². The van der Waals surface area contributed by atoms with Gasteiger partial charge in [0.15, 0.2) is 0 Å². The zero-order chi connectivity index (χ0) is 17.9. The molecule has 7 heteroatoms. The predicted octanol–water partition coefficient (Wildman–Crippen LogP) is 2.55. The first-order chi connectivity index (χ1) is 11.4. The number of carboxylic acids is 1. The zero-order valence-electron chi connectivity index (χ0n) is 13.8. The van der Waals surface area contributed by atoms with Crippen molar-refractivity contribution in [3.63, 3.8) is 0 Å². The number of para-hydroxylation sites is 1. The Balaban J connectivity index is 2.29. The smallest absolute Gasteiger partial charge is 0.326 e. The summed E-state index contributed by atoms with van der Waals surface area (Å²) in [6, 6.07) is 5.10. The minimum absolute atomic E-state index is 0.214. The number of halogens is 1. The van der Waals surface area contributed by atoms with E-state index in [4.69, 9.17) is 0 Å². The molecule has 128 valence electrons. The van der Waals surface area contributed by atoms with E-state index in [1.165, 1.54) is 16.9 Å². The number of nitrogens with one attached hydrogen (secondary N) is 1. The molecule has 0 bridgehead atoms. The third-order valence-corrected chi connectivity index (χ3v) is 4.10. The summed E-state index contributed by atoms with van der Waals surface area (Å²) in [7, 11) is 0. The summed E-state index contributed by atoms with van der Waals surface area (Å²) in [6.07, 6.45) is 1.93. The van der Waals surface area contributed by atoms with Gasteiger partial charge in [-0.25, -0.2) is 13.9 Å². The Labute approximate surface area is 139 Å². The summed E-state index contributed by atoms with van der Waals surface area (Å²) in [5.41, 5.74) is 0.879. The van der Waals surface area contributed by atoms with Crippen molar-refractivity contribution >= 4 is 11.9 Å². The molecule has 0 fully saturated rings. The molecule has 0 saturated heterocycles. The van der Waals surface area contributed by atoms with Crippen molar-refractivity contribution in [3.05, 3.63) is 47.5 Å². The van der Waals surface area contributed by atoms with Gasteiger partial charge in [0.25, 0.3) is 5.91 Å². The number of aromatic nitrogens is 2. The molecule has 24 heavy (non-hydrogen) atoms. The van der Waals surface area contributed by atoms with E-state index in [1.54, 1.807) is 32.0 Å². The van der Waals surface area contributed by atoms with Crippen LogP contribution in [-0.2, 0) is 4.79 Å². The summed E-state index contributed by atoms with van der Waals surface area (Å²) < 4.78 is 15.2. The van der Waals surface area contributed by atoms with Crippen molar-refractivity contribution in [2.75, 3.05) is 0 Å². The normalized spacial score (nSPS) is 13.3. The highest BCUT2D eigenvalue weighted by atomic mass is 19.1. The van der Waals surface area contributed by atoms with E-state index in [1.807, 2.05) is 6.92 Å². The number of benzene rings is 1. The Hall–Kier alpha value is -2.70.